The number of aliphatic hydroxyl groups excluding tert-OH is 1. The second-order valence-electron chi connectivity index (χ2n) is 13.3. The Morgan fingerprint density at radius 1 is 1.27 bits per heavy atom. The molecule has 1 N–H and O–H groups in total. The number of aryl methyl sites for hydroxylation is 1. The lowest BCUT2D eigenvalue weighted by atomic mass is 9.46. The number of rotatable bonds is 6. The smallest absolute Gasteiger partial charge is 0.178 e. The summed E-state index contributed by atoms with van der Waals surface area (Å²) in [6, 6.07) is 8.00. The van der Waals surface area contributed by atoms with Gasteiger partial charge in [-0.2, -0.15) is 0 Å². The van der Waals surface area contributed by atoms with Gasteiger partial charge >= 0.3 is 0 Å². The summed E-state index contributed by atoms with van der Waals surface area (Å²) in [7, 11) is 1.99. The first-order valence-corrected chi connectivity index (χ1v) is 16.1. The maximum Gasteiger partial charge on any atom is 0.178 e. The van der Waals surface area contributed by atoms with Gasteiger partial charge in [0.1, 0.15) is 0 Å². The molecule has 2 heterocycles. The molecule has 9 atom stereocenters. The Labute approximate surface area is 245 Å². The Balaban J connectivity index is 1.23. The topological polar surface area (TPSA) is 90.7 Å². The average molecular weight is 577 g/mol. The highest BCUT2D eigenvalue weighted by atomic mass is 32.2. The number of benzene rings is 1. The van der Waals surface area contributed by atoms with Crippen molar-refractivity contribution >= 4 is 34.4 Å². The molecule has 1 aromatic carbocycles. The van der Waals surface area contributed by atoms with Gasteiger partial charge < -0.3 is 19.1 Å². The molecule has 5 aliphatic rings. The molecule has 6 unspecified atom stereocenters. The van der Waals surface area contributed by atoms with E-state index < -0.39 is 23.4 Å². The van der Waals surface area contributed by atoms with Crippen molar-refractivity contribution in [3.8, 4) is 0 Å². The Morgan fingerprint density at radius 3 is 2.85 bits per heavy atom. The van der Waals surface area contributed by atoms with Crippen molar-refractivity contribution in [1.82, 2.24) is 9.55 Å². The van der Waals surface area contributed by atoms with Crippen molar-refractivity contribution < 1.29 is 24.2 Å². The maximum atomic E-state index is 14.6. The summed E-state index contributed by atoms with van der Waals surface area (Å²) in [4.78, 5) is 31.5. The minimum Gasteiger partial charge on any atom is -0.393 e. The van der Waals surface area contributed by atoms with Crippen LogP contribution >= 0.6 is 11.8 Å². The molecule has 7 rings (SSSR count). The fourth-order valence-electron chi connectivity index (χ4n) is 9.50. The summed E-state index contributed by atoms with van der Waals surface area (Å²) in [6.07, 6.45) is 8.73. The number of carbonyl (C=O) groups is 2. The van der Waals surface area contributed by atoms with Gasteiger partial charge in [-0.25, -0.2) is 4.98 Å². The first-order valence-electron chi connectivity index (χ1n) is 15.2. The van der Waals surface area contributed by atoms with E-state index in [9.17, 15) is 14.7 Å². The number of ether oxygens (including phenoxy) is 2. The van der Waals surface area contributed by atoms with E-state index in [1.54, 1.807) is 12.2 Å². The predicted octanol–water partition coefficient (Wildman–Crippen LogP) is 5.40. The fourth-order valence-corrected chi connectivity index (χ4v) is 10.4. The minimum atomic E-state index is -1.10. The van der Waals surface area contributed by atoms with Gasteiger partial charge in [0.2, 0.25) is 0 Å². The molecular formula is C33H40N2O5S. The quantitative estimate of drug-likeness (QED) is 0.460. The van der Waals surface area contributed by atoms with Crippen molar-refractivity contribution in [3.63, 3.8) is 0 Å². The molecule has 3 saturated carbocycles. The second kappa shape index (κ2) is 9.63. The van der Waals surface area contributed by atoms with Crippen molar-refractivity contribution in [1.29, 1.82) is 0 Å². The number of nitrogens with zero attached hydrogens (tertiary/aromatic N) is 2. The van der Waals surface area contributed by atoms with Crippen LogP contribution in [0.15, 0.2) is 53.2 Å². The number of thioether (sulfide) groups is 1. The SMILES string of the molecule is CCCC1O[C@@H]2CC3C4CCC5=CC(=O)C=CC5(C)C4[C@@H](O)CC3(C)[C@]2(C(=O)CSc2nc3ccccc3n2C)O1. The van der Waals surface area contributed by atoms with Crippen LogP contribution in [0.1, 0.15) is 59.3 Å². The number of imidazole rings is 1. The van der Waals surface area contributed by atoms with Gasteiger partial charge in [-0.1, -0.05) is 62.7 Å². The molecule has 1 aliphatic heterocycles. The van der Waals surface area contributed by atoms with Crippen LogP contribution in [0.3, 0.4) is 0 Å². The highest BCUT2D eigenvalue weighted by Crippen LogP contribution is 2.69. The van der Waals surface area contributed by atoms with Crippen LogP contribution in [0.4, 0.5) is 0 Å². The Morgan fingerprint density at radius 2 is 2.07 bits per heavy atom. The predicted molar refractivity (Wildman–Crippen MR) is 157 cm³/mol. The molecule has 4 aliphatic carbocycles. The molecule has 41 heavy (non-hydrogen) atoms. The summed E-state index contributed by atoms with van der Waals surface area (Å²) in [5.74, 6) is 0.697. The van der Waals surface area contributed by atoms with Crippen LogP contribution in [-0.2, 0) is 26.1 Å². The van der Waals surface area contributed by atoms with Crippen LogP contribution in [0, 0.1) is 28.6 Å². The fraction of sp³-hybridized carbons (Fsp3) is 0.606. The van der Waals surface area contributed by atoms with Gasteiger partial charge in [0.15, 0.2) is 28.6 Å². The Bertz CT molecular complexity index is 1480. The van der Waals surface area contributed by atoms with Crippen LogP contribution in [0.2, 0.25) is 0 Å². The Kier molecular flexibility index (Phi) is 6.47. The van der Waals surface area contributed by atoms with Gasteiger partial charge in [-0.15, -0.1) is 0 Å². The minimum absolute atomic E-state index is 0.00304. The third-order valence-corrected chi connectivity index (χ3v) is 12.3. The van der Waals surface area contributed by atoms with Crippen LogP contribution in [-0.4, -0.2) is 56.1 Å². The van der Waals surface area contributed by atoms with Crippen LogP contribution in [0.5, 0.6) is 0 Å². The number of ketones is 2. The van der Waals surface area contributed by atoms with E-state index >= 15 is 0 Å². The molecule has 218 valence electrons. The van der Waals surface area contributed by atoms with Gasteiger partial charge in [0.05, 0.1) is 29.0 Å². The van der Waals surface area contributed by atoms with Gasteiger partial charge in [0.25, 0.3) is 0 Å². The van der Waals surface area contributed by atoms with E-state index in [2.05, 4.69) is 20.8 Å². The number of para-hydroxylation sites is 2. The third kappa shape index (κ3) is 3.79. The molecule has 1 aromatic heterocycles. The lowest BCUT2D eigenvalue weighted by molar-refractivity contribution is -0.197. The molecular weight excluding hydrogens is 536 g/mol. The van der Waals surface area contributed by atoms with E-state index in [0.29, 0.717) is 6.42 Å². The molecule has 2 aromatic rings. The van der Waals surface area contributed by atoms with E-state index in [-0.39, 0.29) is 46.6 Å². The van der Waals surface area contributed by atoms with Gasteiger partial charge in [0, 0.05) is 23.8 Å². The largest absolute Gasteiger partial charge is 0.393 e. The van der Waals surface area contributed by atoms with E-state index in [4.69, 9.17) is 14.5 Å². The van der Waals surface area contributed by atoms with Crippen molar-refractivity contribution in [2.45, 2.75) is 88.6 Å². The van der Waals surface area contributed by atoms with E-state index in [0.717, 1.165) is 53.9 Å². The molecule has 0 spiro atoms. The standard InChI is InChI=1S/C33H40N2O5S/c1-5-8-28-39-27-16-22-21-12-11-19-15-20(36)13-14-31(19,2)29(21)25(37)17-32(22,3)33(27,40-28)26(38)18-41-30-34-23-9-6-7-10-24(23)35(30)4/h6-7,9-10,13-15,21-22,25,27-29,37H,5,8,11-12,16-18H2,1-4H3/t21?,22?,25-,27+,28?,29?,31?,32?,33+/m0/s1. The number of Topliss-reactive ketones (excluding diaryl/α,β-unsaturated/α-hetero) is 1. The number of carbonyl (C=O) groups excluding carboxylic acids is 2. The molecule has 8 heteroatoms. The number of hydrogen-bond donors (Lipinski definition) is 1. The van der Waals surface area contributed by atoms with Crippen molar-refractivity contribution in [2.24, 2.45) is 35.6 Å². The summed E-state index contributed by atoms with van der Waals surface area (Å²) in [6.45, 7) is 6.46. The van der Waals surface area contributed by atoms with E-state index in [1.165, 1.54) is 11.8 Å². The maximum absolute atomic E-state index is 14.6. The third-order valence-electron chi connectivity index (χ3n) is 11.3. The molecule has 0 amide bonds. The molecule has 4 fully saturated rings. The normalized spacial score (nSPS) is 41.1. The summed E-state index contributed by atoms with van der Waals surface area (Å²) in [5, 5.41) is 12.7. The van der Waals surface area contributed by atoms with Crippen LogP contribution < -0.4 is 0 Å². The highest BCUT2D eigenvalue weighted by Gasteiger charge is 2.75. The van der Waals surface area contributed by atoms with Crippen LogP contribution in [0.25, 0.3) is 11.0 Å². The summed E-state index contributed by atoms with van der Waals surface area (Å²) >= 11 is 1.46. The highest BCUT2D eigenvalue weighted by molar-refractivity contribution is 7.99. The zero-order chi connectivity index (χ0) is 28.7. The molecule has 7 nitrogen and oxygen atoms in total. The zero-order valence-electron chi connectivity index (χ0n) is 24.3. The van der Waals surface area contributed by atoms with E-state index in [1.807, 2.05) is 42.0 Å². The monoisotopic (exact) mass is 576 g/mol. The number of aromatic nitrogens is 2. The average Bonchev–Trinajstić information content (AvgIpc) is 3.55. The number of fused-ring (bicyclic) bond motifs is 8. The van der Waals surface area contributed by atoms with Crippen molar-refractivity contribution in [2.75, 3.05) is 5.75 Å². The number of aliphatic hydroxyl groups is 1. The zero-order valence-corrected chi connectivity index (χ0v) is 25.2. The lowest BCUT2D eigenvalue weighted by Gasteiger charge is -2.59. The number of allylic oxidation sites excluding steroid dienone is 4. The molecule has 1 saturated heterocycles. The van der Waals surface area contributed by atoms with Gasteiger partial charge in [-0.05, 0) is 68.2 Å². The second-order valence-corrected chi connectivity index (χ2v) is 14.2. The first kappa shape index (κ1) is 27.6. The molecule has 0 radical (unpaired) electrons. The first-order chi connectivity index (χ1) is 19.6. The lowest BCUT2D eigenvalue weighted by Crippen LogP contribution is -2.63. The Hall–Kier alpha value is -2.26. The van der Waals surface area contributed by atoms with Crippen molar-refractivity contribution in [3.05, 3.63) is 48.1 Å². The number of hydrogen-bond acceptors (Lipinski definition) is 7. The summed E-state index contributed by atoms with van der Waals surface area (Å²) in [5.41, 5.74) is 1.07. The molecule has 0 bridgehead atoms. The van der Waals surface area contributed by atoms with Gasteiger partial charge in [-0.3, -0.25) is 9.59 Å². The summed E-state index contributed by atoms with van der Waals surface area (Å²) < 4.78 is 15.4.